The number of nitrogens with one attached hydrogen (secondary N) is 1. The summed E-state index contributed by atoms with van der Waals surface area (Å²) in [7, 11) is 0. The summed E-state index contributed by atoms with van der Waals surface area (Å²) in [4.78, 5) is 12.6. The lowest BCUT2D eigenvalue weighted by atomic mass is 10.1. The highest BCUT2D eigenvalue weighted by Crippen LogP contribution is 2.46. The Hall–Kier alpha value is -1.54. The van der Waals surface area contributed by atoms with E-state index in [1.807, 2.05) is 13.8 Å². The van der Waals surface area contributed by atoms with Gasteiger partial charge in [0.15, 0.2) is 5.78 Å². The van der Waals surface area contributed by atoms with Gasteiger partial charge in [-0.05, 0) is 18.3 Å². The van der Waals surface area contributed by atoms with Gasteiger partial charge in [-0.25, -0.2) is 0 Å². The lowest BCUT2D eigenvalue weighted by Gasteiger charge is -2.09. The van der Waals surface area contributed by atoms with Crippen molar-refractivity contribution in [1.82, 2.24) is 0 Å². The molecule has 1 saturated carbocycles. The van der Waals surface area contributed by atoms with Gasteiger partial charge in [-0.15, -0.1) is 11.3 Å². The molecule has 0 saturated heterocycles. The van der Waals surface area contributed by atoms with Gasteiger partial charge in [0.1, 0.15) is 16.6 Å². The maximum absolute atomic E-state index is 12.1. The number of rotatable bonds is 5. The van der Waals surface area contributed by atoms with Crippen LogP contribution in [0.5, 0.6) is 0 Å². The van der Waals surface area contributed by atoms with Crippen molar-refractivity contribution in [3.8, 4) is 6.07 Å². The third-order valence-corrected chi connectivity index (χ3v) is 4.76. The molecule has 1 aromatic heterocycles. The van der Waals surface area contributed by atoms with Crippen molar-refractivity contribution in [2.75, 3.05) is 17.6 Å². The van der Waals surface area contributed by atoms with E-state index in [1.165, 1.54) is 24.2 Å². The van der Waals surface area contributed by atoms with E-state index in [4.69, 9.17) is 5.73 Å². The van der Waals surface area contributed by atoms with Gasteiger partial charge < -0.3 is 11.1 Å². The van der Waals surface area contributed by atoms with Crippen LogP contribution in [0.15, 0.2) is 0 Å². The van der Waals surface area contributed by atoms with E-state index in [2.05, 4.69) is 18.3 Å². The molecule has 1 aliphatic rings. The van der Waals surface area contributed by atoms with Crippen LogP contribution in [0.2, 0.25) is 0 Å². The van der Waals surface area contributed by atoms with Gasteiger partial charge in [0.25, 0.3) is 0 Å². The van der Waals surface area contributed by atoms with Crippen LogP contribution in [0.1, 0.15) is 48.8 Å². The minimum absolute atomic E-state index is 0.00434. The van der Waals surface area contributed by atoms with E-state index in [9.17, 15) is 10.1 Å². The Kier molecular flexibility index (Phi) is 3.55. The van der Waals surface area contributed by atoms with Crippen molar-refractivity contribution in [2.24, 2.45) is 11.3 Å². The van der Waals surface area contributed by atoms with Crippen LogP contribution >= 0.6 is 11.3 Å². The summed E-state index contributed by atoms with van der Waals surface area (Å²) < 4.78 is 0. The standard InChI is InChI=1S/C14H19N3OS/c1-8(2)11(18)12-10(16)9(6-15)13(19-12)17-7-14(3)4-5-14/h8,17H,4-5,7,16H2,1-3H3. The summed E-state index contributed by atoms with van der Waals surface area (Å²) in [6.45, 7) is 6.72. The Morgan fingerprint density at radius 2 is 2.21 bits per heavy atom. The zero-order chi connectivity index (χ0) is 14.2. The molecule has 1 heterocycles. The number of ketones is 1. The Morgan fingerprint density at radius 1 is 1.58 bits per heavy atom. The minimum Gasteiger partial charge on any atom is -0.396 e. The van der Waals surface area contributed by atoms with Gasteiger partial charge in [0, 0.05) is 12.5 Å². The lowest BCUT2D eigenvalue weighted by Crippen LogP contribution is -2.11. The number of carbonyl (C=O) groups is 1. The van der Waals surface area contributed by atoms with E-state index in [-0.39, 0.29) is 11.7 Å². The molecular formula is C14H19N3OS. The first-order chi connectivity index (χ1) is 8.88. The fourth-order valence-electron chi connectivity index (χ4n) is 1.81. The molecule has 5 heteroatoms. The van der Waals surface area contributed by atoms with E-state index in [0.717, 1.165) is 11.5 Å². The molecule has 2 rings (SSSR count). The molecule has 4 nitrogen and oxygen atoms in total. The van der Waals surface area contributed by atoms with E-state index >= 15 is 0 Å². The van der Waals surface area contributed by atoms with E-state index in [1.54, 1.807) is 0 Å². The molecule has 1 aliphatic carbocycles. The molecule has 0 bridgehead atoms. The number of nitrogen functional groups attached to an aromatic ring is 1. The number of anilines is 2. The molecule has 19 heavy (non-hydrogen) atoms. The van der Waals surface area contributed by atoms with Gasteiger partial charge in [-0.2, -0.15) is 5.26 Å². The average Bonchev–Trinajstić information content (AvgIpc) is 3.00. The molecule has 1 fully saturated rings. The second kappa shape index (κ2) is 4.86. The van der Waals surface area contributed by atoms with Crippen molar-refractivity contribution < 1.29 is 4.79 Å². The first kappa shape index (κ1) is 13.9. The monoisotopic (exact) mass is 277 g/mol. The van der Waals surface area contributed by atoms with Crippen LogP contribution < -0.4 is 11.1 Å². The number of nitrogens with zero attached hydrogens (tertiary/aromatic N) is 1. The fourth-order valence-corrected chi connectivity index (χ4v) is 2.96. The van der Waals surface area contributed by atoms with Crippen molar-refractivity contribution in [1.29, 1.82) is 5.26 Å². The van der Waals surface area contributed by atoms with Crippen molar-refractivity contribution in [2.45, 2.75) is 33.6 Å². The average molecular weight is 277 g/mol. The van der Waals surface area contributed by atoms with Crippen LogP contribution in [0.3, 0.4) is 0 Å². The number of Topliss-reactive ketones (excluding diaryl/α,β-unsaturated/α-hetero) is 1. The van der Waals surface area contributed by atoms with Crippen molar-refractivity contribution in [3.63, 3.8) is 0 Å². The number of nitriles is 1. The summed E-state index contributed by atoms with van der Waals surface area (Å²) >= 11 is 1.31. The highest BCUT2D eigenvalue weighted by molar-refractivity contribution is 7.19. The quantitative estimate of drug-likeness (QED) is 0.810. The summed E-state index contributed by atoms with van der Waals surface area (Å²) in [5.41, 5.74) is 7.02. The largest absolute Gasteiger partial charge is 0.396 e. The minimum atomic E-state index is -0.110. The fraction of sp³-hybridized carbons (Fsp3) is 0.571. The number of carbonyl (C=O) groups excluding carboxylic acids is 1. The molecule has 3 N–H and O–H groups in total. The third kappa shape index (κ3) is 2.74. The maximum Gasteiger partial charge on any atom is 0.177 e. The molecule has 102 valence electrons. The van der Waals surface area contributed by atoms with E-state index in [0.29, 0.717) is 21.5 Å². The topological polar surface area (TPSA) is 78.9 Å². The number of hydrogen-bond acceptors (Lipinski definition) is 5. The third-order valence-electron chi connectivity index (χ3n) is 3.58. The van der Waals surface area contributed by atoms with Crippen LogP contribution in [-0.4, -0.2) is 12.3 Å². The Labute approximate surface area is 117 Å². The van der Waals surface area contributed by atoms with Gasteiger partial charge in [-0.3, -0.25) is 4.79 Å². The maximum atomic E-state index is 12.1. The first-order valence-electron chi connectivity index (χ1n) is 6.48. The Bertz CT molecular complexity index is 550. The van der Waals surface area contributed by atoms with Crippen LogP contribution in [0.4, 0.5) is 10.7 Å². The summed E-state index contributed by atoms with van der Waals surface area (Å²) in [5, 5.41) is 13.2. The molecule has 0 aromatic carbocycles. The molecular weight excluding hydrogens is 258 g/mol. The van der Waals surface area contributed by atoms with Gasteiger partial charge in [-0.1, -0.05) is 20.8 Å². The highest BCUT2D eigenvalue weighted by atomic mass is 32.1. The van der Waals surface area contributed by atoms with Gasteiger partial charge >= 0.3 is 0 Å². The number of thiophene rings is 1. The zero-order valence-electron chi connectivity index (χ0n) is 11.5. The molecule has 0 aliphatic heterocycles. The van der Waals surface area contributed by atoms with E-state index < -0.39 is 0 Å². The van der Waals surface area contributed by atoms with Gasteiger partial charge in [0.05, 0.1) is 10.6 Å². The molecule has 0 radical (unpaired) electrons. The second-order valence-corrected chi connectivity index (χ2v) is 6.86. The molecule has 0 amide bonds. The molecule has 0 spiro atoms. The van der Waals surface area contributed by atoms with Crippen LogP contribution in [-0.2, 0) is 0 Å². The normalized spacial score (nSPS) is 16.2. The van der Waals surface area contributed by atoms with Crippen LogP contribution in [0.25, 0.3) is 0 Å². The summed E-state index contributed by atoms with van der Waals surface area (Å²) in [6, 6.07) is 2.11. The number of hydrogen-bond donors (Lipinski definition) is 2. The Balaban J connectivity index is 2.25. The summed E-state index contributed by atoms with van der Waals surface area (Å²) in [5.74, 6) is -0.106. The van der Waals surface area contributed by atoms with Gasteiger partial charge in [0.2, 0.25) is 0 Å². The smallest absolute Gasteiger partial charge is 0.177 e. The second-order valence-electron chi connectivity index (χ2n) is 5.84. The van der Waals surface area contributed by atoms with Crippen molar-refractivity contribution >= 4 is 27.8 Å². The molecule has 1 aromatic rings. The number of nitrogens with two attached hydrogens (primary N) is 1. The van der Waals surface area contributed by atoms with Crippen molar-refractivity contribution in [3.05, 3.63) is 10.4 Å². The first-order valence-corrected chi connectivity index (χ1v) is 7.30. The highest BCUT2D eigenvalue weighted by Gasteiger charge is 2.37. The Morgan fingerprint density at radius 3 is 2.68 bits per heavy atom. The predicted octanol–water partition coefficient (Wildman–Crippen LogP) is 3.25. The molecule has 0 atom stereocenters. The van der Waals surface area contributed by atoms with Crippen LogP contribution in [0, 0.1) is 22.7 Å². The molecule has 0 unspecified atom stereocenters. The lowest BCUT2D eigenvalue weighted by molar-refractivity contribution is 0.0944. The zero-order valence-corrected chi connectivity index (χ0v) is 12.4. The summed E-state index contributed by atoms with van der Waals surface area (Å²) in [6.07, 6.45) is 2.42. The predicted molar refractivity (Wildman–Crippen MR) is 78.4 cm³/mol. The SMILES string of the molecule is CC(C)C(=O)c1sc(NCC2(C)CC2)c(C#N)c1N.